The number of benzene rings is 1. The zero-order chi connectivity index (χ0) is 20.4. The van der Waals surface area contributed by atoms with Crippen LogP contribution in [0.3, 0.4) is 0 Å². The number of carbonyl (C=O) groups is 1. The SMILES string of the molecule is Cc1ccc(-n2c(C)cc(C(=O)CN3CCN(c4ncccn4)CC3)c2C)cc1. The molecule has 0 radical (unpaired) electrons. The number of hydrogen-bond donors (Lipinski definition) is 0. The van der Waals surface area contributed by atoms with Crippen LogP contribution in [0.5, 0.6) is 0 Å². The fraction of sp³-hybridized carbons (Fsp3) is 0.348. The normalized spacial score (nSPS) is 14.9. The predicted molar refractivity (Wildman–Crippen MR) is 115 cm³/mol. The van der Waals surface area contributed by atoms with E-state index in [9.17, 15) is 4.79 Å². The highest BCUT2D eigenvalue weighted by Gasteiger charge is 2.23. The maximum atomic E-state index is 13.0. The average molecular weight is 390 g/mol. The summed E-state index contributed by atoms with van der Waals surface area (Å²) in [7, 11) is 0. The predicted octanol–water partition coefficient (Wildman–Crippen LogP) is 3.20. The molecule has 0 amide bonds. The van der Waals surface area contributed by atoms with Crippen LogP contribution < -0.4 is 4.90 Å². The standard InChI is InChI=1S/C23H27N5O/c1-17-5-7-20(8-6-17)28-18(2)15-21(19(28)3)22(29)16-26-11-13-27(14-12-26)23-24-9-4-10-25-23/h4-10,15H,11-14,16H2,1-3H3. The molecule has 0 bridgehead atoms. The van der Waals surface area contributed by atoms with Gasteiger partial charge in [-0.2, -0.15) is 0 Å². The topological polar surface area (TPSA) is 54.3 Å². The number of aromatic nitrogens is 3. The number of hydrogen-bond acceptors (Lipinski definition) is 5. The van der Waals surface area contributed by atoms with Crippen LogP contribution in [-0.4, -0.2) is 57.9 Å². The van der Waals surface area contributed by atoms with E-state index >= 15 is 0 Å². The van der Waals surface area contributed by atoms with Crippen molar-refractivity contribution in [3.63, 3.8) is 0 Å². The Balaban J connectivity index is 1.43. The quantitative estimate of drug-likeness (QED) is 0.627. The van der Waals surface area contributed by atoms with Gasteiger partial charge in [-0.05, 0) is 45.0 Å². The van der Waals surface area contributed by atoms with Gasteiger partial charge in [-0.3, -0.25) is 9.69 Å². The minimum Gasteiger partial charge on any atom is -0.338 e. The molecule has 0 unspecified atom stereocenters. The molecule has 1 aliphatic rings. The van der Waals surface area contributed by atoms with E-state index in [2.05, 4.69) is 62.4 Å². The van der Waals surface area contributed by atoms with E-state index in [1.807, 2.05) is 19.1 Å². The number of carbonyl (C=O) groups excluding carboxylic acids is 1. The van der Waals surface area contributed by atoms with E-state index in [1.54, 1.807) is 12.4 Å². The molecule has 0 saturated carbocycles. The van der Waals surface area contributed by atoms with Crippen molar-refractivity contribution in [3.05, 3.63) is 71.3 Å². The van der Waals surface area contributed by atoms with Crippen LogP contribution in [0.1, 0.15) is 27.3 Å². The van der Waals surface area contributed by atoms with E-state index in [0.29, 0.717) is 6.54 Å². The van der Waals surface area contributed by atoms with Crippen molar-refractivity contribution in [2.75, 3.05) is 37.6 Å². The van der Waals surface area contributed by atoms with E-state index in [4.69, 9.17) is 0 Å². The summed E-state index contributed by atoms with van der Waals surface area (Å²) in [6, 6.07) is 12.3. The van der Waals surface area contributed by atoms with Gasteiger partial charge in [0.2, 0.25) is 5.95 Å². The van der Waals surface area contributed by atoms with Crippen molar-refractivity contribution < 1.29 is 4.79 Å². The molecule has 4 rings (SSSR count). The van der Waals surface area contributed by atoms with Crippen LogP contribution in [0.15, 0.2) is 48.8 Å². The molecule has 1 saturated heterocycles. The number of rotatable bonds is 5. The van der Waals surface area contributed by atoms with E-state index in [0.717, 1.165) is 54.8 Å². The fourth-order valence-electron chi connectivity index (χ4n) is 3.99. The summed E-state index contributed by atoms with van der Waals surface area (Å²) in [5.41, 5.74) is 5.24. The Morgan fingerprint density at radius 2 is 1.62 bits per heavy atom. The van der Waals surface area contributed by atoms with Gasteiger partial charge in [-0.25, -0.2) is 9.97 Å². The molecular formula is C23H27N5O. The van der Waals surface area contributed by atoms with Gasteiger partial charge >= 0.3 is 0 Å². The maximum absolute atomic E-state index is 13.0. The molecule has 6 heteroatoms. The van der Waals surface area contributed by atoms with Gasteiger partial charge in [0.05, 0.1) is 6.54 Å². The van der Waals surface area contributed by atoms with E-state index < -0.39 is 0 Å². The fourth-order valence-corrected chi connectivity index (χ4v) is 3.99. The molecule has 0 spiro atoms. The van der Waals surface area contributed by atoms with Gasteiger partial charge in [-0.15, -0.1) is 0 Å². The molecule has 0 N–H and O–H groups in total. The summed E-state index contributed by atoms with van der Waals surface area (Å²) >= 11 is 0. The number of nitrogens with zero attached hydrogens (tertiary/aromatic N) is 5. The molecule has 1 aliphatic heterocycles. The van der Waals surface area contributed by atoms with Gasteiger partial charge in [0.15, 0.2) is 5.78 Å². The van der Waals surface area contributed by atoms with Crippen molar-refractivity contribution >= 4 is 11.7 Å². The van der Waals surface area contributed by atoms with Gasteiger partial charge < -0.3 is 9.47 Å². The highest BCUT2D eigenvalue weighted by Crippen LogP contribution is 2.22. The number of ketones is 1. The van der Waals surface area contributed by atoms with Gasteiger partial charge in [0, 0.05) is 61.2 Å². The number of piperazine rings is 1. The first-order valence-electron chi connectivity index (χ1n) is 10.1. The summed E-state index contributed by atoms with van der Waals surface area (Å²) in [5, 5.41) is 0. The summed E-state index contributed by atoms with van der Waals surface area (Å²) in [4.78, 5) is 26.1. The third-order valence-electron chi connectivity index (χ3n) is 5.60. The third kappa shape index (κ3) is 4.07. The highest BCUT2D eigenvalue weighted by atomic mass is 16.1. The Morgan fingerprint density at radius 3 is 2.28 bits per heavy atom. The molecule has 3 aromatic rings. The van der Waals surface area contributed by atoms with Crippen LogP contribution in [0.25, 0.3) is 5.69 Å². The smallest absolute Gasteiger partial charge is 0.225 e. The van der Waals surface area contributed by atoms with Crippen LogP contribution in [0.2, 0.25) is 0 Å². The molecule has 0 aliphatic carbocycles. The van der Waals surface area contributed by atoms with Crippen LogP contribution in [0.4, 0.5) is 5.95 Å². The Kier molecular flexibility index (Phi) is 5.45. The Labute approximate surface area is 171 Å². The van der Waals surface area contributed by atoms with Crippen molar-refractivity contribution in [1.29, 1.82) is 0 Å². The molecule has 6 nitrogen and oxygen atoms in total. The molecule has 3 heterocycles. The molecule has 2 aromatic heterocycles. The van der Waals surface area contributed by atoms with Crippen molar-refractivity contribution in [1.82, 2.24) is 19.4 Å². The summed E-state index contributed by atoms with van der Waals surface area (Å²) in [6.07, 6.45) is 3.53. The zero-order valence-electron chi connectivity index (χ0n) is 17.3. The minimum absolute atomic E-state index is 0.181. The second-order valence-corrected chi connectivity index (χ2v) is 7.69. The lowest BCUT2D eigenvalue weighted by Gasteiger charge is -2.34. The lowest BCUT2D eigenvalue weighted by molar-refractivity contribution is 0.0925. The molecule has 1 aromatic carbocycles. The molecule has 150 valence electrons. The van der Waals surface area contributed by atoms with Crippen LogP contribution in [-0.2, 0) is 0 Å². The first-order chi connectivity index (χ1) is 14.0. The Morgan fingerprint density at radius 1 is 0.966 bits per heavy atom. The van der Waals surface area contributed by atoms with Crippen LogP contribution in [0, 0.1) is 20.8 Å². The van der Waals surface area contributed by atoms with Gasteiger partial charge in [-0.1, -0.05) is 17.7 Å². The minimum atomic E-state index is 0.181. The first kappa shape index (κ1) is 19.3. The molecule has 1 fully saturated rings. The first-order valence-corrected chi connectivity index (χ1v) is 10.1. The van der Waals surface area contributed by atoms with Crippen molar-refractivity contribution in [2.24, 2.45) is 0 Å². The second kappa shape index (κ2) is 8.17. The zero-order valence-corrected chi connectivity index (χ0v) is 17.3. The third-order valence-corrected chi connectivity index (χ3v) is 5.60. The average Bonchev–Trinajstić information content (AvgIpc) is 3.04. The monoisotopic (exact) mass is 389 g/mol. The largest absolute Gasteiger partial charge is 0.338 e. The molecule has 29 heavy (non-hydrogen) atoms. The van der Waals surface area contributed by atoms with E-state index in [1.165, 1.54) is 5.56 Å². The Bertz CT molecular complexity index is 986. The summed E-state index contributed by atoms with van der Waals surface area (Å²) < 4.78 is 2.16. The number of Topliss-reactive ketones (excluding diaryl/α,β-unsaturated/α-hetero) is 1. The van der Waals surface area contributed by atoms with E-state index in [-0.39, 0.29) is 5.78 Å². The second-order valence-electron chi connectivity index (χ2n) is 7.69. The number of anilines is 1. The van der Waals surface area contributed by atoms with Gasteiger partial charge in [0.1, 0.15) is 0 Å². The highest BCUT2D eigenvalue weighted by molar-refractivity contribution is 5.99. The molecule has 0 atom stereocenters. The lowest BCUT2D eigenvalue weighted by atomic mass is 10.1. The number of aryl methyl sites for hydroxylation is 2. The molecular weight excluding hydrogens is 362 g/mol. The summed E-state index contributed by atoms with van der Waals surface area (Å²) in [5.74, 6) is 0.945. The van der Waals surface area contributed by atoms with Crippen molar-refractivity contribution in [3.8, 4) is 5.69 Å². The van der Waals surface area contributed by atoms with Gasteiger partial charge in [0.25, 0.3) is 0 Å². The maximum Gasteiger partial charge on any atom is 0.225 e. The Hall–Kier alpha value is -2.99. The lowest BCUT2D eigenvalue weighted by Crippen LogP contribution is -2.48. The van der Waals surface area contributed by atoms with Crippen LogP contribution >= 0.6 is 0 Å². The van der Waals surface area contributed by atoms with Crippen molar-refractivity contribution in [2.45, 2.75) is 20.8 Å². The summed E-state index contributed by atoms with van der Waals surface area (Å²) in [6.45, 7) is 9.95.